The topological polar surface area (TPSA) is 37.8 Å². The van der Waals surface area contributed by atoms with E-state index in [9.17, 15) is 4.79 Å². The van der Waals surface area contributed by atoms with Crippen LogP contribution in [0.5, 0.6) is 0 Å². The van der Waals surface area contributed by atoms with E-state index in [1.807, 2.05) is 37.3 Å². The van der Waals surface area contributed by atoms with E-state index in [1.165, 1.54) is 4.88 Å². The number of aryl methyl sites for hydroxylation is 1. The highest BCUT2D eigenvalue weighted by atomic mass is 79.9. The second-order valence-electron chi connectivity index (χ2n) is 3.81. The molecular formula is C12H9BrN2OS. The van der Waals surface area contributed by atoms with Crippen LogP contribution in [-0.2, 0) is 0 Å². The monoisotopic (exact) mass is 308 g/mol. The van der Waals surface area contributed by atoms with Crippen molar-refractivity contribution in [3.8, 4) is 5.00 Å². The van der Waals surface area contributed by atoms with Crippen molar-refractivity contribution in [3.05, 3.63) is 50.2 Å². The molecule has 5 heteroatoms. The number of thiophene rings is 1. The molecule has 2 aromatic heterocycles. The lowest BCUT2D eigenvalue weighted by molar-refractivity contribution is 1.04. The Labute approximate surface area is 110 Å². The molecule has 86 valence electrons. The number of imidazole rings is 1. The Balaban J connectivity index is 2.36. The van der Waals surface area contributed by atoms with E-state index >= 15 is 0 Å². The summed E-state index contributed by atoms with van der Waals surface area (Å²) < 4.78 is 2.67. The minimum absolute atomic E-state index is 0.0973. The molecule has 1 aromatic carbocycles. The van der Waals surface area contributed by atoms with Crippen LogP contribution in [0.4, 0.5) is 0 Å². The van der Waals surface area contributed by atoms with Crippen molar-refractivity contribution in [2.45, 2.75) is 6.92 Å². The molecule has 3 nitrogen and oxygen atoms in total. The van der Waals surface area contributed by atoms with Gasteiger partial charge in [-0.1, -0.05) is 15.9 Å². The molecule has 0 aliphatic rings. The van der Waals surface area contributed by atoms with Gasteiger partial charge in [-0.05, 0) is 37.3 Å². The molecule has 0 amide bonds. The maximum atomic E-state index is 12.0. The molecule has 0 fully saturated rings. The number of nitrogens with one attached hydrogen (secondary N) is 1. The van der Waals surface area contributed by atoms with Crippen LogP contribution in [0.15, 0.2) is 39.6 Å². The van der Waals surface area contributed by atoms with Crippen molar-refractivity contribution in [2.24, 2.45) is 0 Å². The number of aromatic nitrogens is 2. The molecule has 3 rings (SSSR count). The Kier molecular flexibility index (Phi) is 2.45. The van der Waals surface area contributed by atoms with Crippen LogP contribution in [0, 0.1) is 6.92 Å². The molecule has 0 unspecified atom stereocenters. The Bertz CT molecular complexity index is 753. The number of hydrogen-bond donors (Lipinski definition) is 1. The fraction of sp³-hybridized carbons (Fsp3) is 0.0833. The first-order valence-electron chi connectivity index (χ1n) is 5.12. The van der Waals surface area contributed by atoms with Crippen LogP contribution in [0.25, 0.3) is 16.0 Å². The van der Waals surface area contributed by atoms with Gasteiger partial charge < -0.3 is 4.98 Å². The quantitative estimate of drug-likeness (QED) is 0.734. The molecule has 0 aliphatic heterocycles. The number of rotatable bonds is 1. The fourth-order valence-electron chi connectivity index (χ4n) is 1.84. The molecule has 0 radical (unpaired) electrons. The molecule has 0 saturated heterocycles. The average Bonchev–Trinajstić information content (AvgIpc) is 2.80. The zero-order valence-corrected chi connectivity index (χ0v) is 11.4. The van der Waals surface area contributed by atoms with E-state index in [2.05, 4.69) is 20.9 Å². The molecule has 0 bridgehead atoms. The number of halogens is 1. The van der Waals surface area contributed by atoms with Gasteiger partial charge in [-0.2, -0.15) is 0 Å². The van der Waals surface area contributed by atoms with Crippen LogP contribution in [0.2, 0.25) is 0 Å². The summed E-state index contributed by atoms with van der Waals surface area (Å²) in [6.45, 7) is 2.03. The number of benzene rings is 1. The Hall–Kier alpha value is -1.33. The summed E-state index contributed by atoms with van der Waals surface area (Å²) in [5, 5.41) is 0.945. The lowest BCUT2D eigenvalue weighted by Gasteiger charge is -1.98. The Morgan fingerprint density at radius 2 is 2.12 bits per heavy atom. The van der Waals surface area contributed by atoms with Gasteiger partial charge in [-0.15, -0.1) is 11.3 Å². The average molecular weight is 309 g/mol. The van der Waals surface area contributed by atoms with Crippen molar-refractivity contribution in [2.75, 3.05) is 0 Å². The van der Waals surface area contributed by atoms with E-state index < -0.39 is 0 Å². The van der Waals surface area contributed by atoms with Crippen molar-refractivity contribution < 1.29 is 0 Å². The van der Waals surface area contributed by atoms with Crippen molar-refractivity contribution >= 4 is 38.3 Å². The first-order chi connectivity index (χ1) is 8.15. The lowest BCUT2D eigenvalue weighted by atomic mass is 10.3. The highest BCUT2D eigenvalue weighted by molar-refractivity contribution is 9.10. The number of nitrogens with zero attached hydrogens (tertiary/aromatic N) is 1. The van der Waals surface area contributed by atoms with Gasteiger partial charge in [0.05, 0.1) is 11.0 Å². The third kappa shape index (κ3) is 1.75. The summed E-state index contributed by atoms with van der Waals surface area (Å²) in [5.41, 5.74) is 1.65. The molecule has 0 spiro atoms. The van der Waals surface area contributed by atoms with E-state index in [-0.39, 0.29) is 5.69 Å². The summed E-state index contributed by atoms with van der Waals surface area (Å²) in [6, 6.07) is 9.77. The summed E-state index contributed by atoms with van der Waals surface area (Å²) in [5.74, 6) is 0. The van der Waals surface area contributed by atoms with Gasteiger partial charge in [-0.3, -0.25) is 4.57 Å². The van der Waals surface area contributed by atoms with Gasteiger partial charge in [0.2, 0.25) is 0 Å². The van der Waals surface area contributed by atoms with Gasteiger partial charge >= 0.3 is 5.69 Å². The summed E-state index contributed by atoms with van der Waals surface area (Å²) in [7, 11) is 0. The third-order valence-electron chi connectivity index (χ3n) is 2.59. The van der Waals surface area contributed by atoms with Crippen LogP contribution < -0.4 is 5.69 Å². The predicted octanol–water partition coefficient (Wildman–Crippen LogP) is 3.45. The summed E-state index contributed by atoms with van der Waals surface area (Å²) in [4.78, 5) is 16.0. The lowest BCUT2D eigenvalue weighted by Crippen LogP contribution is -2.13. The predicted molar refractivity (Wildman–Crippen MR) is 74.2 cm³/mol. The standard InChI is InChI=1S/C12H9BrN2OS/c1-7-2-5-11(17-7)15-10-4-3-8(13)6-9(10)14-12(15)16/h2-6H,1H3,(H,14,16). The largest absolute Gasteiger partial charge is 0.331 e. The molecule has 2 heterocycles. The number of fused-ring (bicyclic) bond motifs is 1. The molecule has 3 aromatic rings. The van der Waals surface area contributed by atoms with Crippen molar-refractivity contribution in [1.82, 2.24) is 9.55 Å². The number of H-pyrrole nitrogens is 1. The van der Waals surface area contributed by atoms with Gasteiger partial charge in [-0.25, -0.2) is 4.79 Å². The first kappa shape index (κ1) is 10.8. The highest BCUT2D eigenvalue weighted by Crippen LogP contribution is 2.24. The van der Waals surface area contributed by atoms with Gasteiger partial charge in [0.25, 0.3) is 0 Å². The van der Waals surface area contributed by atoms with Crippen molar-refractivity contribution in [1.29, 1.82) is 0 Å². The molecule has 0 aliphatic carbocycles. The van der Waals surface area contributed by atoms with Crippen LogP contribution in [0.1, 0.15) is 4.88 Å². The Morgan fingerprint density at radius 3 is 2.82 bits per heavy atom. The zero-order chi connectivity index (χ0) is 12.0. The summed E-state index contributed by atoms with van der Waals surface area (Å²) >= 11 is 5.01. The van der Waals surface area contributed by atoms with Gasteiger partial charge in [0.15, 0.2) is 0 Å². The van der Waals surface area contributed by atoms with E-state index in [0.29, 0.717) is 0 Å². The van der Waals surface area contributed by atoms with Gasteiger partial charge in [0, 0.05) is 9.35 Å². The van der Waals surface area contributed by atoms with Gasteiger partial charge in [0.1, 0.15) is 5.00 Å². The Morgan fingerprint density at radius 1 is 1.29 bits per heavy atom. The van der Waals surface area contributed by atoms with Crippen molar-refractivity contribution in [3.63, 3.8) is 0 Å². The SMILES string of the molecule is Cc1ccc(-n2c(=O)[nH]c3cc(Br)ccc32)s1. The van der Waals surface area contributed by atoms with E-state index in [4.69, 9.17) is 0 Å². The highest BCUT2D eigenvalue weighted by Gasteiger charge is 2.10. The normalized spacial score (nSPS) is 11.2. The fourth-order valence-corrected chi connectivity index (χ4v) is 3.08. The van der Waals surface area contributed by atoms with E-state index in [1.54, 1.807) is 15.9 Å². The summed E-state index contributed by atoms with van der Waals surface area (Å²) in [6.07, 6.45) is 0. The third-order valence-corrected chi connectivity index (χ3v) is 4.07. The smallest absolute Gasteiger partial charge is 0.305 e. The molecule has 1 N–H and O–H groups in total. The number of hydrogen-bond acceptors (Lipinski definition) is 2. The van der Waals surface area contributed by atoms with E-state index in [0.717, 1.165) is 20.5 Å². The maximum absolute atomic E-state index is 12.0. The minimum Gasteiger partial charge on any atom is -0.305 e. The second kappa shape index (κ2) is 3.85. The van der Waals surface area contributed by atoms with Crippen LogP contribution >= 0.6 is 27.3 Å². The maximum Gasteiger partial charge on any atom is 0.331 e. The first-order valence-corrected chi connectivity index (χ1v) is 6.73. The minimum atomic E-state index is -0.0973. The van der Waals surface area contributed by atoms with Crippen LogP contribution in [-0.4, -0.2) is 9.55 Å². The molecular weight excluding hydrogens is 300 g/mol. The molecule has 0 atom stereocenters. The number of aromatic amines is 1. The zero-order valence-electron chi connectivity index (χ0n) is 9.03. The molecule has 17 heavy (non-hydrogen) atoms. The van der Waals surface area contributed by atoms with Crippen LogP contribution in [0.3, 0.4) is 0 Å². The molecule has 0 saturated carbocycles. The second-order valence-corrected chi connectivity index (χ2v) is 5.99.